The molecule has 0 atom stereocenters. The third-order valence-electron chi connectivity index (χ3n) is 4.28. The molecule has 3 rings (SSSR count). The number of benzene rings is 1. The van der Waals surface area contributed by atoms with Crippen LogP contribution in [-0.4, -0.2) is 36.8 Å². The van der Waals surface area contributed by atoms with Gasteiger partial charge in [0.25, 0.3) is 0 Å². The first-order chi connectivity index (χ1) is 12.0. The first-order valence-corrected chi connectivity index (χ1v) is 8.61. The quantitative estimate of drug-likeness (QED) is 0.900. The maximum Gasteiger partial charge on any atom is 0.227 e. The zero-order chi connectivity index (χ0) is 18.0. The average molecular weight is 342 g/mol. The second-order valence-corrected chi connectivity index (χ2v) is 6.64. The van der Waals surface area contributed by atoms with E-state index in [2.05, 4.69) is 41.2 Å². The predicted molar refractivity (Wildman–Crippen MR) is 99.8 cm³/mol. The van der Waals surface area contributed by atoms with Crippen LogP contribution in [0.2, 0.25) is 0 Å². The number of hydrogen-bond donors (Lipinski definition) is 1. The SMILES string of the molecule is COc1cc2c(cc1OC)CN(c1nc(C)cc(NC(C)C)n1)CC2. The van der Waals surface area contributed by atoms with Gasteiger partial charge in [0.2, 0.25) is 5.95 Å². The Hall–Kier alpha value is -2.50. The van der Waals surface area contributed by atoms with Gasteiger partial charge in [0, 0.05) is 30.9 Å². The summed E-state index contributed by atoms with van der Waals surface area (Å²) >= 11 is 0. The lowest BCUT2D eigenvalue weighted by molar-refractivity contribution is 0.353. The summed E-state index contributed by atoms with van der Waals surface area (Å²) in [7, 11) is 3.33. The molecule has 1 N–H and O–H groups in total. The third-order valence-corrected chi connectivity index (χ3v) is 4.28. The first kappa shape index (κ1) is 17.3. The van der Waals surface area contributed by atoms with Crippen LogP contribution < -0.4 is 19.7 Å². The summed E-state index contributed by atoms with van der Waals surface area (Å²) in [6.45, 7) is 7.86. The van der Waals surface area contributed by atoms with Gasteiger partial charge in [0.05, 0.1) is 14.2 Å². The molecule has 0 radical (unpaired) electrons. The van der Waals surface area contributed by atoms with Crippen molar-refractivity contribution in [1.82, 2.24) is 9.97 Å². The van der Waals surface area contributed by atoms with E-state index in [9.17, 15) is 0 Å². The zero-order valence-corrected chi connectivity index (χ0v) is 15.6. The van der Waals surface area contributed by atoms with E-state index in [-0.39, 0.29) is 0 Å². The number of fused-ring (bicyclic) bond motifs is 1. The molecule has 6 nitrogen and oxygen atoms in total. The van der Waals surface area contributed by atoms with Gasteiger partial charge in [-0.2, -0.15) is 4.98 Å². The van der Waals surface area contributed by atoms with E-state index in [1.54, 1.807) is 14.2 Å². The number of aromatic nitrogens is 2. The fourth-order valence-corrected chi connectivity index (χ4v) is 3.12. The van der Waals surface area contributed by atoms with Gasteiger partial charge < -0.3 is 19.7 Å². The molecule has 0 bridgehead atoms. The van der Waals surface area contributed by atoms with Crippen LogP contribution in [0.5, 0.6) is 11.5 Å². The van der Waals surface area contributed by atoms with E-state index in [4.69, 9.17) is 14.5 Å². The van der Waals surface area contributed by atoms with Crippen LogP contribution in [0, 0.1) is 6.92 Å². The van der Waals surface area contributed by atoms with Crippen molar-refractivity contribution in [2.45, 2.75) is 39.8 Å². The van der Waals surface area contributed by atoms with Crippen molar-refractivity contribution < 1.29 is 9.47 Å². The minimum Gasteiger partial charge on any atom is -0.493 e. The largest absolute Gasteiger partial charge is 0.493 e. The Balaban J connectivity index is 1.88. The van der Waals surface area contributed by atoms with E-state index in [0.29, 0.717) is 6.04 Å². The van der Waals surface area contributed by atoms with E-state index >= 15 is 0 Å². The highest BCUT2D eigenvalue weighted by atomic mass is 16.5. The lowest BCUT2D eigenvalue weighted by atomic mass is 9.99. The first-order valence-electron chi connectivity index (χ1n) is 8.61. The highest BCUT2D eigenvalue weighted by molar-refractivity contribution is 5.52. The summed E-state index contributed by atoms with van der Waals surface area (Å²) in [6, 6.07) is 6.45. The molecule has 1 aromatic carbocycles. The zero-order valence-electron chi connectivity index (χ0n) is 15.6. The molecule has 0 saturated carbocycles. The van der Waals surface area contributed by atoms with Gasteiger partial charge in [-0.25, -0.2) is 4.98 Å². The van der Waals surface area contributed by atoms with Crippen molar-refractivity contribution in [2.24, 2.45) is 0 Å². The monoisotopic (exact) mass is 342 g/mol. The van der Waals surface area contributed by atoms with Crippen LogP contribution in [0.25, 0.3) is 0 Å². The number of nitrogens with one attached hydrogen (secondary N) is 1. The van der Waals surface area contributed by atoms with Crippen LogP contribution >= 0.6 is 0 Å². The second kappa shape index (κ2) is 7.17. The molecule has 0 spiro atoms. The topological polar surface area (TPSA) is 59.5 Å². The lowest BCUT2D eigenvalue weighted by Crippen LogP contribution is -2.32. The number of methoxy groups -OCH3 is 2. The molecule has 1 aromatic heterocycles. The Morgan fingerprint density at radius 1 is 1.04 bits per heavy atom. The molecule has 6 heteroatoms. The van der Waals surface area contributed by atoms with Crippen LogP contribution in [0.1, 0.15) is 30.7 Å². The molecular formula is C19H26N4O2. The van der Waals surface area contributed by atoms with Crippen LogP contribution in [0.3, 0.4) is 0 Å². The fourth-order valence-electron chi connectivity index (χ4n) is 3.12. The number of rotatable bonds is 5. The van der Waals surface area contributed by atoms with Crippen molar-refractivity contribution >= 4 is 11.8 Å². The summed E-state index contributed by atoms with van der Waals surface area (Å²) < 4.78 is 10.9. The summed E-state index contributed by atoms with van der Waals surface area (Å²) in [5.41, 5.74) is 3.49. The van der Waals surface area contributed by atoms with Crippen molar-refractivity contribution in [1.29, 1.82) is 0 Å². The molecule has 2 aromatic rings. The number of nitrogens with zero attached hydrogens (tertiary/aromatic N) is 3. The Morgan fingerprint density at radius 2 is 1.72 bits per heavy atom. The highest BCUT2D eigenvalue weighted by Crippen LogP contribution is 2.34. The van der Waals surface area contributed by atoms with Crippen LogP contribution in [0.15, 0.2) is 18.2 Å². The van der Waals surface area contributed by atoms with Crippen molar-refractivity contribution in [3.63, 3.8) is 0 Å². The standard InChI is InChI=1S/C19H26N4O2/c1-12(2)20-18-8-13(3)21-19(22-18)23-7-6-14-9-16(24-4)17(25-5)10-15(14)11-23/h8-10,12H,6-7,11H2,1-5H3,(H,20,21,22). The molecule has 25 heavy (non-hydrogen) atoms. The normalized spacial score (nSPS) is 13.6. The van der Waals surface area contributed by atoms with E-state index in [1.807, 2.05) is 13.0 Å². The van der Waals surface area contributed by atoms with Crippen molar-refractivity contribution in [2.75, 3.05) is 31.0 Å². The number of anilines is 2. The summed E-state index contributed by atoms with van der Waals surface area (Å²) in [6.07, 6.45) is 0.930. The van der Waals surface area contributed by atoms with Gasteiger partial charge in [-0.05, 0) is 50.5 Å². The van der Waals surface area contributed by atoms with Crippen LogP contribution in [0.4, 0.5) is 11.8 Å². The Kier molecular flexibility index (Phi) is 4.97. The minimum absolute atomic E-state index is 0.334. The summed E-state index contributed by atoms with van der Waals surface area (Å²) in [5, 5.41) is 3.36. The summed E-state index contributed by atoms with van der Waals surface area (Å²) in [5.74, 6) is 3.18. The molecule has 0 fully saturated rings. The van der Waals surface area contributed by atoms with Gasteiger partial charge in [0.15, 0.2) is 11.5 Å². The molecule has 1 aliphatic heterocycles. The maximum absolute atomic E-state index is 5.44. The fraction of sp³-hybridized carbons (Fsp3) is 0.474. The average Bonchev–Trinajstić information content (AvgIpc) is 2.58. The molecule has 2 heterocycles. The molecule has 134 valence electrons. The molecule has 0 amide bonds. The van der Waals surface area contributed by atoms with Crippen molar-refractivity contribution in [3.05, 3.63) is 35.0 Å². The third kappa shape index (κ3) is 3.78. The predicted octanol–water partition coefficient (Wildman–Crippen LogP) is 3.19. The molecule has 0 unspecified atom stereocenters. The smallest absolute Gasteiger partial charge is 0.227 e. The van der Waals surface area contributed by atoms with Gasteiger partial charge in [0.1, 0.15) is 5.82 Å². The lowest BCUT2D eigenvalue weighted by Gasteiger charge is -2.30. The molecule has 1 aliphatic rings. The van der Waals surface area contributed by atoms with E-state index < -0.39 is 0 Å². The van der Waals surface area contributed by atoms with Gasteiger partial charge >= 0.3 is 0 Å². The number of aryl methyl sites for hydroxylation is 1. The van der Waals surface area contributed by atoms with Gasteiger partial charge in [-0.15, -0.1) is 0 Å². The summed E-state index contributed by atoms with van der Waals surface area (Å²) in [4.78, 5) is 11.5. The second-order valence-electron chi connectivity index (χ2n) is 6.64. The molecular weight excluding hydrogens is 316 g/mol. The van der Waals surface area contributed by atoms with E-state index in [0.717, 1.165) is 48.5 Å². The highest BCUT2D eigenvalue weighted by Gasteiger charge is 2.21. The maximum atomic E-state index is 5.44. The van der Waals surface area contributed by atoms with Crippen molar-refractivity contribution in [3.8, 4) is 11.5 Å². The van der Waals surface area contributed by atoms with E-state index in [1.165, 1.54) is 11.1 Å². The van der Waals surface area contributed by atoms with Gasteiger partial charge in [-0.1, -0.05) is 0 Å². The Morgan fingerprint density at radius 3 is 2.36 bits per heavy atom. The number of hydrogen-bond acceptors (Lipinski definition) is 6. The van der Waals surface area contributed by atoms with Crippen LogP contribution in [-0.2, 0) is 13.0 Å². The number of ether oxygens (including phenoxy) is 2. The molecule has 0 saturated heterocycles. The van der Waals surface area contributed by atoms with Gasteiger partial charge in [-0.3, -0.25) is 0 Å². The molecule has 0 aliphatic carbocycles. The Bertz CT molecular complexity index is 761. The minimum atomic E-state index is 0.334. The Labute approximate surface area is 149 Å².